The molecule has 0 saturated heterocycles. The van der Waals surface area contributed by atoms with E-state index in [4.69, 9.17) is 23.2 Å². The summed E-state index contributed by atoms with van der Waals surface area (Å²) >= 11 is 12.0. The molecule has 0 saturated carbocycles. The lowest BCUT2D eigenvalue weighted by Crippen LogP contribution is -2.45. The van der Waals surface area contributed by atoms with Crippen molar-refractivity contribution in [3.63, 3.8) is 0 Å². The lowest BCUT2D eigenvalue weighted by Gasteiger charge is -2.21. The summed E-state index contributed by atoms with van der Waals surface area (Å²) in [4.78, 5) is 28.7. The molecular weight excluding hydrogens is 375 g/mol. The molecule has 0 radical (unpaired) electrons. The monoisotopic (exact) mass is 390 g/mol. The number of anilines is 2. The van der Waals surface area contributed by atoms with Crippen LogP contribution >= 0.6 is 23.2 Å². The van der Waals surface area contributed by atoms with Gasteiger partial charge in [-0.25, -0.2) is 4.99 Å². The fourth-order valence-corrected chi connectivity index (χ4v) is 2.84. The normalized spacial score (nSPS) is 16.5. The maximum Gasteiger partial charge on any atom is 0.249 e. The molecule has 2 aromatic carbocycles. The van der Waals surface area contributed by atoms with Gasteiger partial charge in [-0.05, 0) is 37.3 Å². The number of rotatable bonds is 3. The summed E-state index contributed by atoms with van der Waals surface area (Å²) < 4.78 is 0. The second kappa shape index (κ2) is 7.76. The predicted octanol–water partition coefficient (Wildman–Crippen LogP) is 3.60. The van der Waals surface area contributed by atoms with Gasteiger partial charge in [-0.1, -0.05) is 40.9 Å². The predicted molar refractivity (Wildman–Crippen MR) is 104 cm³/mol. The fraction of sp³-hybridized carbons (Fsp3) is 0.167. The summed E-state index contributed by atoms with van der Waals surface area (Å²) in [6, 6.07) is 11.4. The number of hydrogen-bond acceptors (Lipinski definition) is 4. The van der Waals surface area contributed by atoms with Crippen molar-refractivity contribution in [2.24, 2.45) is 4.99 Å². The van der Waals surface area contributed by atoms with E-state index < -0.39 is 6.04 Å². The first-order chi connectivity index (χ1) is 12.4. The minimum atomic E-state index is -0.835. The molecule has 26 heavy (non-hydrogen) atoms. The largest absolute Gasteiger partial charge is 0.325 e. The quantitative estimate of drug-likeness (QED) is 0.748. The van der Waals surface area contributed by atoms with Crippen molar-refractivity contribution in [3.05, 3.63) is 58.1 Å². The molecule has 6 nitrogen and oxygen atoms in total. The SMILES string of the molecule is Cc1ccc(NC(=O)C2CC(=O)NC(Nc3ccc(Cl)cc3Cl)=N2)cc1. The molecule has 1 heterocycles. The molecule has 0 aliphatic carbocycles. The van der Waals surface area contributed by atoms with Crippen molar-refractivity contribution >= 4 is 52.4 Å². The molecule has 0 spiro atoms. The molecule has 0 aromatic heterocycles. The number of amides is 2. The van der Waals surface area contributed by atoms with Gasteiger partial charge in [0.05, 0.1) is 17.1 Å². The molecule has 3 N–H and O–H groups in total. The number of hydrogen-bond donors (Lipinski definition) is 3. The number of halogens is 2. The summed E-state index contributed by atoms with van der Waals surface area (Å²) in [5.74, 6) is -0.503. The minimum Gasteiger partial charge on any atom is -0.325 e. The Labute approximate surface area is 160 Å². The number of benzene rings is 2. The first-order valence-electron chi connectivity index (χ1n) is 7.88. The molecule has 1 unspecified atom stereocenters. The Bertz CT molecular complexity index is 881. The standard InChI is InChI=1S/C18H16Cl2N4O2/c1-10-2-5-12(6-3-10)21-17(26)15-9-16(25)24-18(23-15)22-14-7-4-11(19)8-13(14)20/h2-8,15H,9H2,1H3,(H,21,26)(H2,22,23,24,25). The van der Waals surface area contributed by atoms with Crippen LogP contribution in [-0.4, -0.2) is 23.8 Å². The van der Waals surface area contributed by atoms with Crippen LogP contribution in [0.2, 0.25) is 10.0 Å². The number of carbonyl (C=O) groups is 2. The van der Waals surface area contributed by atoms with Crippen molar-refractivity contribution < 1.29 is 9.59 Å². The molecule has 3 rings (SSSR count). The van der Waals surface area contributed by atoms with E-state index in [1.165, 1.54) is 0 Å². The highest BCUT2D eigenvalue weighted by Gasteiger charge is 2.27. The van der Waals surface area contributed by atoms with E-state index in [2.05, 4.69) is 20.9 Å². The van der Waals surface area contributed by atoms with Crippen LogP contribution in [0.25, 0.3) is 0 Å². The van der Waals surface area contributed by atoms with E-state index in [1.54, 1.807) is 30.3 Å². The van der Waals surface area contributed by atoms with Crippen LogP contribution in [0.1, 0.15) is 12.0 Å². The van der Waals surface area contributed by atoms with Crippen LogP contribution in [0.15, 0.2) is 47.5 Å². The number of carbonyl (C=O) groups excluding carboxylic acids is 2. The first kappa shape index (κ1) is 18.2. The Morgan fingerprint density at radius 2 is 1.92 bits per heavy atom. The Kier molecular flexibility index (Phi) is 5.44. The van der Waals surface area contributed by atoms with Crippen LogP contribution in [-0.2, 0) is 9.59 Å². The van der Waals surface area contributed by atoms with Crippen molar-refractivity contribution in [1.29, 1.82) is 0 Å². The van der Waals surface area contributed by atoms with E-state index >= 15 is 0 Å². The molecule has 2 amide bonds. The second-order valence-electron chi connectivity index (χ2n) is 5.85. The van der Waals surface area contributed by atoms with Crippen LogP contribution in [0, 0.1) is 6.92 Å². The molecule has 8 heteroatoms. The van der Waals surface area contributed by atoms with Gasteiger partial charge in [-0.3, -0.25) is 14.9 Å². The number of guanidine groups is 1. The van der Waals surface area contributed by atoms with E-state index in [9.17, 15) is 9.59 Å². The lowest BCUT2D eigenvalue weighted by molar-refractivity contribution is -0.124. The molecule has 1 aliphatic heterocycles. The van der Waals surface area contributed by atoms with Crippen molar-refractivity contribution in [3.8, 4) is 0 Å². The topological polar surface area (TPSA) is 82.6 Å². The van der Waals surface area contributed by atoms with Gasteiger partial charge in [0.25, 0.3) is 0 Å². The molecule has 1 aliphatic rings. The van der Waals surface area contributed by atoms with E-state index in [1.807, 2.05) is 19.1 Å². The highest BCUT2D eigenvalue weighted by atomic mass is 35.5. The Balaban J connectivity index is 1.74. The molecule has 134 valence electrons. The number of aliphatic imine (C=N–C) groups is 1. The van der Waals surface area contributed by atoms with Crippen molar-refractivity contribution in [2.45, 2.75) is 19.4 Å². The zero-order valence-corrected chi connectivity index (χ0v) is 15.4. The zero-order valence-electron chi connectivity index (χ0n) is 13.8. The average molecular weight is 391 g/mol. The Morgan fingerprint density at radius 3 is 2.62 bits per heavy atom. The van der Waals surface area contributed by atoms with Gasteiger partial charge in [0.2, 0.25) is 17.8 Å². The third kappa shape index (κ3) is 4.53. The third-order valence-electron chi connectivity index (χ3n) is 3.73. The molecule has 0 fully saturated rings. The first-order valence-corrected chi connectivity index (χ1v) is 8.63. The van der Waals surface area contributed by atoms with Gasteiger partial charge in [-0.15, -0.1) is 0 Å². The molecule has 0 bridgehead atoms. The van der Waals surface area contributed by atoms with Gasteiger partial charge in [0.15, 0.2) is 0 Å². The lowest BCUT2D eigenvalue weighted by atomic mass is 10.1. The smallest absolute Gasteiger partial charge is 0.249 e. The Hall–Kier alpha value is -2.57. The van der Waals surface area contributed by atoms with Gasteiger partial charge in [0, 0.05) is 10.7 Å². The summed E-state index contributed by atoms with van der Waals surface area (Å²) in [7, 11) is 0. The number of nitrogens with zero attached hydrogens (tertiary/aromatic N) is 1. The third-order valence-corrected chi connectivity index (χ3v) is 4.28. The summed E-state index contributed by atoms with van der Waals surface area (Å²) in [5, 5.41) is 9.13. The highest BCUT2D eigenvalue weighted by Crippen LogP contribution is 2.25. The molecule has 2 aromatic rings. The van der Waals surface area contributed by atoms with Gasteiger partial charge in [-0.2, -0.15) is 0 Å². The van der Waals surface area contributed by atoms with Crippen molar-refractivity contribution in [2.75, 3.05) is 10.6 Å². The fourth-order valence-electron chi connectivity index (χ4n) is 2.39. The number of aryl methyl sites for hydroxylation is 1. The summed E-state index contributed by atoms with van der Waals surface area (Å²) in [6.07, 6.45) is -0.0305. The van der Waals surface area contributed by atoms with Crippen molar-refractivity contribution in [1.82, 2.24) is 5.32 Å². The molecular formula is C18H16Cl2N4O2. The maximum absolute atomic E-state index is 12.4. The highest BCUT2D eigenvalue weighted by molar-refractivity contribution is 6.36. The van der Waals surface area contributed by atoms with E-state index in [0.29, 0.717) is 21.4 Å². The second-order valence-corrected chi connectivity index (χ2v) is 6.69. The summed E-state index contributed by atoms with van der Waals surface area (Å²) in [5.41, 5.74) is 2.26. The van der Waals surface area contributed by atoms with E-state index in [-0.39, 0.29) is 24.2 Å². The van der Waals surface area contributed by atoms with Crippen LogP contribution in [0.4, 0.5) is 11.4 Å². The molecule has 1 atom stereocenters. The van der Waals surface area contributed by atoms with Crippen LogP contribution in [0.5, 0.6) is 0 Å². The van der Waals surface area contributed by atoms with Crippen LogP contribution < -0.4 is 16.0 Å². The average Bonchev–Trinajstić information content (AvgIpc) is 2.59. The van der Waals surface area contributed by atoms with Crippen LogP contribution in [0.3, 0.4) is 0 Å². The van der Waals surface area contributed by atoms with E-state index in [0.717, 1.165) is 5.56 Å². The van der Waals surface area contributed by atoms with Gasteiger partial charge >= 0.3 is 0 Å². The Morgan fingerprint density at radius 1 is 1.19 bits per heavy atom. The zero-order chi connectivity index (χ0) is 18.7. The van der Waals surface area contributed by atoms with Gasteiger partial charge in [0.1, 0.15) is 6.04 Å². The summed E-state index contributed by atoms with van der Waals surface area (Å²) in [6.45, 7) is 1.96. The number of nitrogens with one attached hydrogen (secondary N) is 3. The minimum absolute atomic E-state index is 0.0305. The maximum atomic E-state index is 12.4. The van der Waals surface area contributed by atoms with Gasteiger partial charge < -0.3 is 10.6 Å².